The van der Waals surface area contributed by atoms with Gasteiger partial charge in [-0.3, -0.25) is 4.40 Å². The predicted molar refractivity (Wildman–Crippen MR) is 53.5 cm³/mol. The van der Waals surface area contributed by atoms with Crippen molar-refractivity contribution in [3.8, 4) is 0 Å². The molecular formula is C8H9BrN4. The Morgan fingerprint density at radius 3 is 3.15 bits per heavy atom. The lowest BCUT2D eigenvalue weighted by Crippen LogP contribution is -2.08. The zero-order valence-electron chi connectivity index (χ0n) is 7.16. The van der Waals surface area contributed by atoms with Crippen LogP contribution >= 0.6 is 15.9 Å². The number of halogens is 1. The quantitative estimate of drug-likeness (QED) is 0.859. The van der Waals surface area contributed by atoms with Gasteiger partial charge in [-0.1, -0.05) is 0 Å². The van der Waals surface area contributed by atoms with Gasteiger partial charge in [0, 0.05) is 6.20 Å². The van der Waals surface area contributed by atoms with Crippen molar-refractivity contribution in [3.63, 3.8) is 0 Å². The second kappa shape index (κ2) is 3.43. The summed E-state index contributed by atoms with van der Waals surface area (Å²) in [5, 5.41) is 11.2. The van der Waals surface area contributed by atoms with E-state index < -0.39 is 0 Å². The normalized spacial score (nSPS) is 10.9. The Bertz CT molecular complexity index is 423. The number of nitrogens with zero attached hydrogens (tertiary/aromatic N) is 3. The topological polar surface area (TPSA) is 42.2 Å². The number of pyridine rings is 1. The standard InChI is InChI=1S/C8H9BrN4/c1-10-5-7-11-12-8-6(9)3-2-4-13(7)8/h2-4,10H,5H2,1H3. The summed E-state index contributed by atoms with van der Waals surface area (Å²) in [6.07, 6.45) is 1.95. The molecule has 2 heterocycles. The Kier molecular flexibility index (Phi) is 2.28. The molecule has 4 nitrogen and oxygen atoms in total. The molecule has 0 radical (unpaired) electrons. The highest BCUT2D eigenvalue weighted by atomic mass is 79.9. The average molecular weight is 241 g/mol. The largest absolute Gasteiger partial charge is 0.313 e. The number of nitrogens with one attached hydrogen (secondary N) is 1. The number of hydrogen-bond acceptors (Lipinski definition) is 3. The second-order valence-corrected chi connectivity index (χ2v) is 3.55. The van der Waals surface area contributed by atoms with Crippen LogP contribution in [0.4, 0.5) is 0 Å². The van der Waals surface area contributed by atoms with Crippen LogP contribution in [0.3, 0.4) is 0 Å². The van der Waals surface area contributed by atoms with Crippen LogP contribution in [-0.2, 0) is 6.54 Å². The van der Waals surface area contributed by atoms with Crippen molar-refractivity contribution in [1.82, 2.24) is 19.9 Å². The molecule has 0 unspecified atom stereocenters. The van der Waals surface area contributed by atoms with Crippen molar-refractivity contribution in [2.24, 2.45) is 0 Å². The van der Waals surface area contributed by atoms with Gasteiger partial charge in [0.25, 0.3) is 0 Å². The molecule has 0 aliphatic heterocycles. The number of hydrogen-bond donors (Lipinski definition) is 1. The summed E-state index contributed by atoms with van der Waals surface area (Å²) in [5.41, 5.74) is 0.854. The second-order valence-electron chi connectivity index (χ2n) is 2.70. The molecule has 68 valence electrons. The highest BCUT2D eigenvalue weighted by molar-refractivity contribution is 9.10. The van der Waals surface area contributed by atoms with Gasteiger partial charge in [-0.15, -0.1) is 10.2 Å². The van der Waals surface area contributed by atoms with Crippen LogP contribution in [-0.4, -0.2) is 21.6 Å². The van der Waals surface area contributed by atoms with Crippen molar-refractivity contribution in [2.75, 3.05) is 7.05 Å². The lowest BCUT2D eigenvalue weighted by Gasteiger charge is -1.98. The van der Waals surface area contributed by atoms with Gasteiger partial charge < -0.3 is 5.32 Å². The fraction of sp³-hybridized carbons (Fsp3) is 0.250. The molecule has 5 heteroatoms. The fourth-order valence-electron chi connectivity index (χ4n) is 1.21. The third-order valence-electron chi connectivity index (χ3n) is 1.79. The average Bonchev–Trinajstić information content (AvgIpc) is 2.51. The van der Waals surface area contributed by atoms with E-state index in [2.05, 4.69) is 31.4 Å². The van der Waals surface area contributed by atoms with Crippen molar-refractivity contribution < 1.29 is 0 Å². The molecule has 2 rings (SSSR count). The fourth-order valence-corrected chi connectivity index (χ4v) is 1.63. The Labute approximate surface area is 84.1 Å². The first-order valence-corrected chi connectivity index (χ1v) is 4.75. The van der Waals surface area contributed by atoms with Crippen LogP contribution in [0.25, 0.3) is 5.65 Å². The molecule has 0 saturated heterocycles. The molecule has 0 aliphatic rings. The summed E-state index contributed by atoms with van der Waals surface area (Å²) in [7, 11) is 1.89. The molecule has 0 spiro atoms. The van der Waals surface area contributed by atoms with Crippen molar-refractivity contribution in [2.45, 2.75) is 6.54 Å². The highest BCUT2D eigenvalue weighted by Gasteiger charge is 2.05. The van der Waals surface area contributed by atoms with Gasteiger partial charge in [-0.25, -0.2) is 0 Å². The van der Waals surface area contributed by atoms with Gasteiger partial charge in [-0.05, 0) is 35.1 Å². The molecule has 0 aliphatic carbocycles. The monoisotopic (exact) mass is 240 g/mol. The van der Waals surface area contributed by atoms with E-state index in [1.54, 1.807) is 0 Å². The Morgan fingerprint density at radius 1 is 1.54 bits per heavy atom. The summed E-state index contributed by atoms with van der Waals surface area (Å²) in [6, 6.07) is 3.91. The molecule has 0 aromatic carbocycles. The van der Waals surface area contributed by atoms with Crippen molar-refractivity contribution in [3.05, 3.63) is 28.6 Å². The third kappa shape index (κ3) is 1.45. The van der Waals surface area contributed by atoms with E-state index in [0.717, 1.165) is 22.5 Å². The zero-order chi connectivity index (χ0) is 9.26. The maximum atomic E-state index is 4.07. The lowest BCUT2D eigenvalue weighted by molar-refractivity contribution is 0.747. The summed E-state index contributed by atoms with van der Waals surface area (Å²) in [4.78, 5) is 0. The van der Waals surface area contributed by atoms with Crippen molar-refractivity contribution in [1.29, 1.82) is 0 Å². The van der Waals surface area contributed by atoms with Crippen molar-refractivity contribution >= 4 is 21.6 Å². The van der Waals surface area contributed by atoms with E-state index >= 15 is 0 Å². The zero-order valence-corrected chi connectivity index (χ0v) is 8.74. The van der Waals surface area contributed by atoms with Gasteiger partial charge in [0.1, 0.15) is 0 Å². The molecule has 0 atom stereocenters. The summed E-state index contributed by atoms with van der Waals surface area (Å²) in [6.45, 7) is 0.720. The molecule has 2 aromatic heterocycles. The third-order valence-corrected chi connectivity index (χ3v) is 2.41. The maximum Gasteiger partial charge on any atom is 0.175 e. The molecule has 13 heavy (non-hydrogen) atoms. The first-order valence-electron chi connectivity index (χ1n) is 3.95. The van der Waals surface area contributed by atoms with E-state index in [0.29, 0.717) is 0 Å². The summed E-state index contributed by atoms with van der Waals surface area (Å²) in [5.74, 6) is 0.916. The molecule has 0 fully saturated rings. The van der Waals surface area contributed by atoms with Crippen LogP contribution < -0.4 is 5.32 Å². The predicted octanol–water partition coefficient (Wildman–Crippen LogP) is 1.21. The van der Waals surface area contributed by atoms with Gasteiger partial charge >= 0.3 is 0 Å². The summed E-state index contributed by atoms with van der Waals surface area (Å²) < 4.78 is 2.92. The number of aromatic nitrogens is 3. The van der Waals surface area contributed by atoms with Crippen LogP contribution in [0.1, 0.15) is 5.82 Å². The van der Waals surface area contributed by atoms with Crippen LogP contribution in [0.5, 0.6) is 0 Å². The molecule has 0 amide bonds. The van der Waals surface area contributed by atoms with Crippen LogP contribution in [0.2, 0.25) is 0 Å². The van der Waals surface area contributed by atoms with E-state index in [-0.39, 0.29) is 0 Å². The lowest BCUT2D eigenvalue weighted by atomic mass is 10.4. The van der Waals surface area contributed by atoms with Crippen LogP contribution in [0, 0.1) is 0 Å². The van der Waals surface area contributed by atoms with Gasteiger partial charge in [0.15, 0.2) is 11.5 Å². The molecular weight excluding hydrogens is 232 g/mol. The van der Waals surface area contributed by atoms with E-state index in [1.807, 2.05) is 29.8 Å². The first-order chi connectivity index (χ1) is 6.33. The van der Waals surface area contributed by atoms with E-state index in [9.17, 15) is 0 Å². The Morgan fingerprint density at radius 2 is 2.38 bits per heavy atom. The minimum atomic E-state index is 0.720. The number of rotatable bonds is 2. The van der Waals surface area contributed by atoms with Crippen LogP contribution in [0.15, 0.2) is 22.8 Å². The summed E-state index contributed by atoms with van der Waals surface area (Å²) >= 11 is 3.42. The first kappa shape index (κ1) is 8.65. The maximum absolute atomic E-state index is 4.07. The Balaban J connectivity index is 2.61. The van der Waals surface area contributed by atoms with E-state index in [4.69, 9.17) is 0 Å². The molecule has 0 saturated carbocycles. The smallest absolute Gasteiger partial charge is 0.175 e. The minimum absolute atomic E-state index is 0.720. The van der Waals surface area contributed by atoms with Gasteiger partial charge in [0.05, 0.1) is 11.0 Å². The molecule has 2 aromatic rings. The van der Waals surface area contributed by atoms with E-state index in [1.165, 1.54) is 0 Å². The molecule has 1 N–H and O–H groups in total. The highest BCUT2D eigenvalue weighted by Crippen LogP contribution is 2.15. The molecule has 0 bridgehead atoms. The van der Waals surface area contributed by atoms with Gasteiger partial charge in [0.2, 0.25) is 0 Å². The Hall–Kier alpha value is -0.940. The minimum Gasteiger partial charge on any atom is -0.313 e. The van der Waals surface area contributed by atoms with Gasteiger partial charge in [-0.2, -0.15) is 0 Å². The number of fused-ring (bicyclic) bond motifs is 1. The SMILES string of the molecule is CNCc1nnc2c(Br)cccn12.